The van der Waals surface area contributed by atoms with Crippen molar-refractivity contribution in [1.82, 2.24) is 9.78 Å². The number of thioether (sulfide) groups is 1. The second-order valence-corrected chi connectivity index (χ2v) is 6.60. The van der Waals surface area contributed by atoms with Gasteiger partial charge >= 0.3 is 0 Å². The predicted molar refractivity (Wildman–Crippen MR) is 86.8 cm³/mol. The number of nitrogens with two attached hydrogens (primary N) is 1. The fourth-order valence-electron chi connectivity index (χ4n) is 1.96. The molecule has 108 valence electrons. The minimum Gasteiger partial charge on any atom is -0.327 e. The van der Waals surface area contributed by atoms with Crippen molar-refractivity contribution < 1.29 is 0 Å². The van der Waals surface area contributed by atoms with Crippen LogP contribution in [0.4, 0.5) is 0 Å². The highest BCUT2D eigenvalue weighted by molar-refractivity contribution is 7.99. The number of nitrogens with zero attached hydrogens (tertiary/aromatic N) is 2. The number of aromatic nitrogens is 2. The highest BCUT2D eigenvalue weighted by Gasteiger charge is 2.14. The van der Waals surface area contributed by atoms with Crippen molar-refractivity contribution >= 4 is 35.0 Å². The van der Waals surface area contributed by atoms with Gasteiger partial charge < -0.3 is 5.73 Å². The lowest BCUT2D eigenvalue weighted by Gasteiger charge is -2.11. The first kappa shape index (κ1) is 15.7. The van der Waals surface area contributed by atoms with Crippen LogP contribution in [-0.2, 0) is 13.5 Å². The van der Waals surface area contributed by atoms with E-state index >= 15 is 0 Å². The van der Waals surface area contributed by atoms with E-state index in [1.807, 2.05) is 38.2 Å². The molecule has 1 atom stereocenters. The summed E-state index contributed by atoms with van der Waals surface area (Å²) in [5.41, 5.74) is 8.18. The van der Waals surface area contributed by atoms with Crippen LogP contribution in [0.25, 0.3) is 0 Å². The SMILES string of the molecule is Cc1nn(C)c(Cl)c1CC(N)CSc1ccc(Cl)cc1. The van der Waals surface area contributed by atoms with Gasteiger partial charge in [-0.1, -0.05) is 23.2 Å². The third-order valence-electron chi connectivity index (χ3n) is 3.01. The van der Waals surface area contributed by atoms with Crippen LogP contribution in [0.3, 0.4) is 0 Å². The zero-order valence-electron chi connectivity index (χ0n) is 11.4. The maximum Gasteiger partial charge on any atom is 0.130 e. The Bertz CT molecular complexity index is 581. The molecule has 1 heterocycles. The van der Waals surface area contributed by atoms with Crippen molar-refractivity contribution in [3.05, 3.63) is 45.7 Å². The van der Waals surface area contributed by atoms with Crippen molar-refractivity contribution in [3.8, 4) is 0 Å². The van der Waals surface area contributed by atoms with Gasteiger partial charge in [0.1, 0.15) is 5.15 Å². The first-order chi connectivity index (χ1) is 9.47. The Hall–Kier alpha value is -0.680. The first-order valence-electron chi connectivity index (χ1n) is 6.29. The Labute approximate surface area is 133 Å². The van der Waals surface area contributed by atoms with Crippen LogP contribution >= 0.6 is 35.0 Å². The molecular weight excluding hydrogens is 313 g/mol. The van der Waals surface area contributed by atoms with Crippen molar-refractivity contribution in [2.45, 2.75) is 24.3 Å². The van der Waals surface area contributed by atoms with Gasteiger partial charge in [0.15, 0.2) is 0 Å². The van der Waals surface area contributed by atoms with Crippen LogP contribution in [0.1, 0.15) is 11.3 Å². The Kier molecular flexibility index (Phi) is 5.38. The summed E-state index contributed by atoms with van der Waals surface area (Å²) >= 11 is 13.8. The van der Waals surface area contributed by atoms with Crippen LogP contribution in [-0.4, -0.2) is 21.6 Å². The average Bonchev–Trinajstić information content (AvgIpc) is 2.65. The van der Waals surface area contributed by atoms with Gasteiger partial charge in [-0.25, -0.2) is 0 Å². The molecule has 1 unspecified atom stereocenters. The standard InChI is InChI=1S/C14H17Cl2N3S/c1-9-13(14(16)19(2)18-9)7-11(17)8-20-12-5-3-10(15)4-6-12/h3-6,11H,7-8,17H2,1-2H3. The van der Waals surface area contributed by atoms with E-state index in [-0.39, 0.29) is 6.04 Å². The van der Waals surface area contributed by atoms with Crippen molar-refractivity contribution in [2.24, 2.45) is 12.8 Å². The summed E-state index contributed by atoms with van der Waals surface area (Å²) < 4.78 is 1.69. The molecule has 2 aromatic rings. The highest BCUT2D eigenvalue weighted by atomic mass is 35.5. The number of hydrogen-bond acceptors (Lipinski definition) is 3. The molecule has 0 amide bonds. The summed E-state index contributed by atoms with van der Waals surface area (Å²) in [6, 6.07) is 7.81. The molecule has 1 aromatic carbocycles. The molecule has 20 heavy (non-hydrogen) atoms. The molecule has 0 spiro atoms. The van der Waals surface area contributed by atoms with Gasteiger partial charge in [0.25, 0.3) is 0 Å². The largest absolute Gasteiger partial charge is 0.327 e. The predicted octanol–water partition coefficient (Wildman–Crippen LogP) is 3.70. The van der Waals surface area contributed by atoms with Gasteiger partial charge in [-0.15, -0.1) is 11.8 Å². The van der Waals surface area contributed by atoms with E-state index in [1.54, 1.807) is 16.4 Å². The molecule has 0 radical (unpaired) electrons. The summed E-state index contributed by atoms with van der Waals surface area (Å²) in [7, 11) is 1.84. The molecule has 0 aliphatic rings. The third-order valence-corrected chi connectivity index (χ3v) is 4.94. The fraction of sp³-hybridized carbons (Fsp3) is 0.357. The smallest absolute Gasteiger partial charge is 0.130 e. The van der Waals surface area contributed by atoms with Crippen LogP contribution in [0.2, 0.25) is 10.2 Å². The molecule has 0 bridgehead atoms. The fourth-order valence-corrected chi connectivity index (χ4v) is 3.19. The molecule has 3 nitrogen and oxygen atoms in total. The molecule has 0 fully saturated rings. The molecule has 6 heteroatoms. The topological polar surface area (TPSA) is 43.8 Å². The monoisotopic (exact) mass is 329 g/mol. The lowest BCUT2D eigenvalue weighted by atomic mass is 10.1. The van der Waals surface area contributed by atoms with E-state index in [0.717, 1.165) is 28.5 Å². The van der Waals surface area contributed by atoms with Crippen molar-refractivity contribution in [2.75, 3.05) is 5.75 Å². The Morgan fingerprint density at radius 1 is 1.30 bits per heavy atom. The Morgan fingerprint density at radius 3 is 2.50 bits per heavy atom. The normalized spacial score (nSPS) is 12.7. The molecule has 1 aromatic heterocycles. The Balaban J connectivity index is 1.92. The minimum atomic E-state index is 0.0380. The lowest BCUT2D eigenvalue weighted by molar-refractivity contribution is 0.743. The number of benzene rings is 1. The lowest BCUT2D eigenvalue weighted by Crippen LogP contribution is -2.25. The van der Waals surface area contributed by atoms with Gasteiger partial charge in [0.05, 0.1) is 5.69 Å². The number of halogens is 2. The van der Waals surface area contributed by atoms with Crippen LogP contribution < -0.4 is 5.73 Å². The van der Waals surface area contributed by atoms with Gasteiger partial charge in [0.2, 0.25) is 0 Å². The molecule has 0 aliphatic carbocycles. The second kappa shape index (κ2) is 6.85. The highest BCUT2D eigenvalue weighted by Crippen LogP contribution is 2.24. The zero-order valence-corrected chi connectivity index (χ0v) is 13.8. The van der Waals surface area contributed by atoms with E-state index in [9.17, 15) is 0 Å². The first-order valence-corrected chi connectivity index (χ1v) is 8.03. The minimum absolute atomic E-state index is 0.0380. The maximum absolute atomic E-state index is 6.22. The average molecular weight is 330 g/mol. The molecule has 2 N–H and O–H groups in total. The van der Waals surface area contributed by atoms with E-state index in [1.165, 1.54) is 4.90 Å². The Morgan fingerprint density at radius 2 is 1.95 bits per heavy atom. The van der Waals surface area contributed by atoms with Crippen molar-refractivity contribution in [3.63, 3.8) is 0 Å². The van der Waals surface area contributed by atoms with E-state index in [4.69, 9.17) is 28.9 Å². The van der Waals surface area contributed by atoms with Gasteiger partial charge in [-0.3, -0.25) is 4.68 Å². The molecule has 2 rings (SSSR count). The van der Waals surface area contributed by atoms with Crippen LogP contribution in [0, 0.1) is 6.92 Å². The van der Waals surface area contributed by atoms with Gasteiger partial charge in [-0.2, -0.15) is 5.10 Å². The second-order valence-electron chi connectivity index (χ2n) is 4.71. The number of aryl methyl sites for hydroxylation is 2. The maximum atomic E-state index is 6.22. The summed E-state index contributed by atoms with van der Waals surface area (Å²) in [6.07, 6.45) is 0.735. The summed E-state index contributed by atoms with van der Waals surface area (Å²) in [4.78, 5) is 1.17. The summed E-state index contributed by atoms with van der Waals surface area (Å²) in [6.45, 7) is 1.96. The summed E-state index contributed by atoms with van der Waals surface area (Å²) in [5, 5.41) is 5.72. The van der Waals surface area contributed by atoms with E-state index in [2.05, 4.69) is 5.10 Å². The summed E-state index contributed by atoms with van der Waals surface area (Å²) in [5.74, 6) is 0.826. The molecule has 0 saturated heterocycles. The van der Waals surface area contributed by atoms with Gasteiger partial charge in [0, 0.05) is 34.3 Å². The zero-order chi connectivity index (χ0) is 14.7. The molecule has 0 saturated carbocycles. The third kappa shape index (κ3) is 3.92. The van der Waals surface area contributed by atoms with Gasteiger partial charge in [-0.05, 0) is 37.6 Å². The van der Waals surface area contributed by atoms with Crippen LogP contribution in [0.5, 0.6) is 0 Å². The molecule has 0 aliphatic heterocycles. The van der Waals surface area contributed by atoms with Crippen LogP contribution in [0.15, 0.2) is 29.2 Å². The van der Waals surface area contributed by atoms with E-state index < -0.39 is 0 Å². The number of rotatable bonds is 5. The quantitative estimate of drug-likeness (QED) is 0.850. The van der Waals surface area contributed by atoms with E-state index in [0.29, 0.717) is 5.15 Å². The number of hydrogen-bond donors (Lipinski definition) is 1. The van der Waals surface area contributed by atoms with Crippen molar-refractivity contribution in [1.29, 1.82) is 0 Å². The molecular formula is C14H17Cl2N3S.